The van der Waals surface area contributed by atoms with Gasteiger partial charge in [0.05, 0.1) is 13.2 Å². The van der Waals surface area contributed by atoms with Gasteiger partial charge < -0.3 is 9.47 Å². The topological polar surface area (TPSA) is 18.5 Å². The van der Waals surface area contributed by atoms with Crippen LogP contribution in [0.1, 0.15) is 66.9 Å². The number of fused-ring (bicyclic) bond motifs is 2. The van der Waals surface area contributed by atoms with Crippen LogP contribution in [-0.2, 0) is 5.41 Å². The highest BCUT2D eigenvalue weighted by Gasteiger charge is 2.20. The predicted octanol–water partition coefficient (Wildman–Crippen LogP) is 8.14. The van der Waals surface area contributed by atoms with Crippen molar-refractivity contribution in [1.29, 1.82) is 0 Å². The first kappa shape index (κ1) is 22.5. The Kier molecular flexibility index (Phi) is 6.95. The van der Waals surface area contributed by atoms with Crippen molar-refractivity contribution in [3.05, 3.63) is 48.0 Å². The molecule has 0 heterocycles. The summed E-state index contributed by atoms with van der Waals surface area (Å²) in [6.07, 6.45) is 2.09. The van der Waals surface area contributed by atoms with E-state index in [2.05, 4.69) is 90.9 Å². The van der Waals surface area contributed by atoms with Crippen LogP contribution in [0.25, 0.3) is 21.5 Å². The largest absolute Gasteiger partial charge is 0.492 e. The molecule has 30 heavy (non-hydrogen) atoms. The van der Waals surface area contributed by atoms with Crippen molar-refractivity contribution in [2.75, 3.05) is 13.2 Å². The summed E-state index contributed by atoms with van der Waals surface area (Å²) >= 11 is 0. The maximum Gasteiger partial charge on any atom is 0.135 e. The van der Waals surface area contributed by atoms with Gasteiger partial charge in [-0.2, -0.15) is 0 Å². The van der Waals surface area contributed by atoms with Gasteiger partial charge in [0.1, 0.15) is 11.5 Å². The van der Waals surface area contributed by atoms with E-state index >= 15 is 0 Å². The third-order valence-corrected chi connectivity index (χ3v) is 5.67. The second-order valence-corrected chi connectivity index (χ2v) is 10.3. The first-order chi connectivity index (χ1) is 14.2. The van der Waals surface area contributed by atoms with Crippen molar-refractivity contribution >= 4 is 21.5 Å². The van der Waals surface area contributed by atoms with E-state index < -0.39 is 0 Å². The summed E-state index contributed by atoms with van der Waals surface area (Å²) in [5, 5.41) is 4.57. The SMILES string of the molecule is CC(C)CCOc1c2ccccc2c(OCCC(C)C)c2cc(C(C)(C)C)ccc12. The molecule has 0 bridgehead atoms. The van der Waals surface area contributed by atoms with Gasteiger partial charge in [-0.15, -0.1) is 0 Å². The second kappa shape index (κ2) is 9.29. The summed E-state index contributed by atoms with van der Waals surface area (Å²) in [5.41, 5.74) is 1.39. The van der Waals surface area contributed by atoms with E-state index in [-0.39, 0.29) is 5.41 Å². The molecule has 0 atom stereocenters. The zero-order valence-corrected chi connectivity index (χ0v) is 19.8. The fourth-order valence-electron chi connectivity index (χ4n) is 3.67. The Hall–Kier alpha value is -2.22. The summed E-state index contributed by atoms with van der Waals surface area (Å²) in [7, 11) is 0. The highest BCUT2D eigenvalue weighted by atomic mass is 16.5. The van der Waals surface area contributed by atoms with Gasteiger partial charge in [0.25, 0.3) is 0 Å². The van der Waals surface area contributed by atoms with Crippen LogP contribution in [0, 0.1) is 11.8 Å². The fourth-order valence-corrected chi connectivity index (χ4v) is 3.67. The van der Waals surface area contributed by atoms with E-state index in [9.17, 15) is 0 Å². The minimum Gasteiger partial charge on any atom is -0.492 e. The molecule has 3 aromatic rings. The number of ether oxygens (including phenoxy) is 2. The van der Waals surface area contributed by atoms with Gasteiger partial charge in [-0.25, -0.2) is 0 Å². The average molecular weight is 407 g/mol. The Morgan fingerprint density at radius 2 is 1.13 bits per heavy atom. The maximum absolute atomic E-state index is 6.45. The van der Waals surface area contributed by atoms with E-state index in [1.54, 1.807) is 0 Å². The van der Waals surface area contributed by atoms with Gasteiger partial charge in [0.15, 0.2) is 0 Å². The molecule has 0 saturated heterocycles. The molecule has 0 unspecified atom stereocenters. The minimum atomic E-state index is 0.0771. The molecule has 3 rings (SSSR count). The molecular formula is C28H38O2. The zero-order valence-electron chi connectivity index (χ0n) is 19.8. The van der Waals surface area contributed by atoms with E-state index in [0.717, 1.165) is 59.1 Å². The van der Waals surface area contributed by atoms with Crippen LogP contribution in [0.15, 0.2) is 42.5 Å². The fraction of sp³-hybridized carbons (Fsp3) is 0.500. The quantitative estimate of drug-likeness (QED) is 0.351. The van der Waals surface area contributed by atoms with Gasteiger partial charge in [0, 0.05) is 21.5 Å². The van der Waals surface area contributed by atoms with Gasteiger partial charge >= 0.3 is 0 Å². The van der Waals surface area contributed by atoms with E-state index in [1.807, 2.05) is 0 Å². The standard InChI is InChI=1S/C28H38O2/c1-19(2)14-16-29-26-22-10-8-9-11-23(22)27(30-17-15-20(3)4)25-18-21(28(5,6)7)12-13-24(25)26/h8-13,18-20H,14-17H2,1-7H3. The summed E-state index contributed by atoms with van der Waals surface area (Å²) in [6, 6.07) is 15.3. The summed E-state index contributed by atoms with van der Waals surface area (Å²) < 4.78 is 12.9. The molecule has 0 fully saturated rings. The molecule has 0 aliphatic rings. The lowest BCUT2D eigenvalue weighted by atomic mass is 9.85. The van der Waals surface area contributed by atoms with Crippen molar-refractivity contribution in [2.45, 2.75) is 66.7 Å². The highest BCUT2D eigenvalue weighted by molar-refractivity contribution is 6.11. The average Bonchev–Trinajstić information content (AvgIpc) is 2.67. The van der Waals surface area contributed by atoms with Crippen molar-refractivity contribution in [3.63, 3.8) is 0 Å². The first-order valence-corrected chi connectivity index (χ1v) is 11.4. The molecule has 0 N–H and O–H groups in total. The summed E-state index contributed by atoms with van der Waals surface area (Å²) in [4.78, 5) is 0. The Balaban J connectivity index is 2.21. The Morgan fingerprint density at radius 3 is 1.60 bits per heavy atom. The van der Waals surface area contributed by atoms with Crippen LogP contribution < -0.4 is 9.47 Å². The van der Waals surface area contributed by atoms with Crippen LogP contribution in [0.4, 0.5) is 0 Å². The van der Waals surface area contributed by atoms with Gasteiger partial charge in [-0.1, -0.05) is 84.9 Å². The smallest absolute Gasteiger partial charge is 0.135 e. The highest BCUT2D eigenvalue weighted by Crippen LogP contribution is 2.44. The Bertz CT molecular complexity index is 993. The Labute approximate surface area is 182 Å². The van der Waals surface area contributed by atoms with Gasteiger partial charge in [-0.05, 0) is 41.7 Å². The van der Waals surface area contributed by atoms with Crippen LogP contribution in [0.2, 0.25) is 0 Å². The predicted molar refractivity (Wildman–Crippen MR) is 130 cm³/mol. The maximum atomic E-state index is 6.45. The van der Waals surface area contributed by atoms with E-state index in [0.29, 0.717) is 11.8 Å². The van der Waals surface area contributed by atoms with E-state index in [4.69, 9.17) is 9.47 Å². The van der Waals surface area contributed by atoms with Crippen LogP contribution in [-0.4, -0.2) is 13.2 Å². The lowest BCUT2D eigenvalue weighted by molar-refractivity contribution is 0.291. The molecule has 0 radical (unpaired) electrons. The molecule has 2 heteroatoms. The number of rotatable bonds is 8. The third kappa shape index (κ3) is 5.09. The van der Waals surface area contributed by atoms with Gasteiger partial charge in [0.2, 0.25) is 0 Å². The van der Waals surface area contributed by atoms with Crippen molar-refractivity contribution in [3.8, 4) is 11.5 Å². The number of hydrogen-bond donors (Lipinski definition) is 0. The molecule has 162 valence electrons. The normalized spacial score (nSPS) is 12.3. The van der Waals surface area contributed by atoms with Crippen molar-refractivity contribution in [2.24, 2.45) is 11.8 Å². The van der Waals surface area contributed by atoms with Gasteiger partial charge in [-0.3, -0.25) is 0 Å². The molecular weight excluding hydrogens is 368 g/mol. The minimum absolute atomic E-state index is 0.0771. The third-order valence-electron chi connectivity index (χ3n) is 5.67. The van der Waals surface area contributed by atoms with Crippen LogP contribution in [0.5, 0.6) is 11.5 Å². The summed E-state index contributed by atoms with van der Waals surface area (Å²) in [6.45, 7) is 17.2. The monoisotopic (exact) mass is 406 g/mol. The van der Waals surface area contributed by atoms with Crippen molar-refractivity contribution in [1.82, 2.24) is 0 Å². The molecule has 0 aliphatic carbocycles. The van der Waals surface area contributed by atoms with E-state index in [1.165, 1.54) is 5.56 Å². The van der Waals surface area contributed by atoms with Crippen molar-refractivity contribution < 1.29 is 9.47 Å². The lowest BCUT2D eigenvalue weighted by Gasteiger charge is -2.23. The molecule has 3 aromatic carbocycles. The zero-order chi connectivity index (χ0) is 21.9. The second-order valence-electron chi connectivity index (χ2n) is 10.3. The first-order valence-electron chi connectivity index (χ1n) is 11.4. The molecule has 0 spiro atoms. The molecule has 0 saturated carbocycles. The lowest BCUT2D eigenvalue weighted by Crippen LogP contribution is -2.11. The Morgan fingerprint density at radius 1 is 0.667 bits per heavy atom. The number of hydrogen-bond acceptors (Lipinski definition) is 2. The van der Waals surface area contributed by atoms with Crippen LogP contribution in [0.3, 0.4) is 0 Å². The molecule has 0 aliphatic heterocycles. The number of benzene rings is 3. The summed E-state index contributed by atoms with van der Waals surface area (Å²) in [5.74, 6) is 3.21. The molecule has 0 aromatic heterocycles. The van der Waals surface area contributed by atoms with Crippen LogP contribution >= 0.6 is 0 Å². The molecule has 0 amide bonds. The molecule has 2 nitrogen and oxygen atoms in total.